The molecule has 1 rings (SSSR count). The first-order valence-corrected chi connectivity index (χ1v) is 8.46. The second-order valence-electron chi connectivity index (χ2n) is 5.85. The number of likely N-dealkylation sites (tertiary alicyclic amines) is 1. The molecule has 0 aromatic rings. The summed E-state index contributed by atoms with van der Waals surface area (Å²) >= 11 is 0. The van der Waals surface area contributed by atoms with Gasteiger partial charge in [-0.2, -0.15) is 5.26 Å². The van der Waals surface area contributed by atoms with Crippen LogP contribution in [0.25, 0.3) is 0 Å². The van der Waals surface area contributed by atoms with Gasteiger partial charge in [0.2, 0.25) is 15.9 Å². The third-order valence-corrected chi connectivity index (χ3v) is 3.88. The number of rotatable bonds is 6. The number of alkyl halides is 1. The van der Waals surface area contributed by atoms with Crippen molar-refractivity contribution in [2.75, 3.05) is 25.9 Å². The molecule has 1 aliphatic heterocycles. The van der Waals surface area contributed by atoms with E-state index in [1.807, 2.05) is 6.07 Å². The van der Waals surface area contributed by atoms with Crippen molar-refractivity contribution in [3.8, 4) is 6.07 Å². The van der Waals surface area contributed by atoms with E-state index in [0.29, 0.717) is 0 Å². The highest BCUT2D eigenvalue weighted by Crippen LogP contribution is 2.19. The molecule has 2 N–H and O–H groups in total. The zero-order chi connectivity index (χ0) is 16.3. The van der Waals surface area contributed by atoms with Crippen molar-refractivity contribution < 1.29 is 17.6 Å². The van der Waals surface area contributed by atoms with Crippen molar-refractivity contribution in [3.05, 3.63) is 0 Å². The van der Waals surface area contributed by atoms with E-state index < -0.39 is 27.8 Å². The summed E-state index contributed by atoms with van der Waals surface area (Å²) in [5.74, 6) is -0.367. The van der Waals surface area contributed by atoms with Gasteiger partial charge in [0.25, 0.3) is 0 Å². The lowest BCUT2D eigenvalue weighted by Gasteiger charge is -2.28. The minimum atomic E-state index is -3.31. The highest BCUT2D eigenvalue weighted by atomic mass is 32.2. The Hall–Kier alpha value is -1.24. The number of carbonyl (C=O) groups is 1. The Morgan fingerprint density at radius 3 is 2.67 bits per heavy atom. The number of amides is 1. The molecule has 0 bridgehead atoms. The molecule has 2 atom stereocenters. The number of sulfonamides is 1. The number of halogens is 1. The van der Waals surface area contributed by atoms with Crippen LogP contribution in [0.4, 0.5) is 4.39 Å². The minimum Gasteiger partial charge on any atom is -0.323 e. The maximum absolute atomic E-state index is 13.3. The Morgan fingerprint density at radius 1 is 1.52 bits per heavy atom. The van der Waals surface area contributed by atoms with Crippen molar-refractivity contribution in [1.82, 2.24) is 14.9 Å². The van der Waals surface area contributed by atoms with E-state index in [-0.39, 0.29) is 32.0 Å². The molecule has 9 heteroatoms. The smallest absolute Gasteiger partial charge is 0.237 e. The van der Waals surface area contributed by atoms with Gasteiger partial charge in [0.05, 0.1) is 25.4 Å². The van der Waals surface area contributed by atoms with Crippen LogP contribution in [0.1, 0.15) is 20.3 Å². The predicted molar refractivity (Wildman–Crippen MR) is 75.6 cm³/mol. The molecule has 120 valence electrons. The lowest BCUT2D eigenvalue weighted by Crippen LogP contribution is -2.52. The minimum absolute atomic E-state index is 0.0429. The Kier molecular flexibility index (Phi) is 5.67. The van der Waals surface area contributed by atoms with Gasteiger partial charge in [-0.3, -0.25) is 4.79 Å². The standard InChI is InChI=1S/C12H21FN4O3S/c1-12(2,8-16-21(3,19)20)15-6-11(18)17-7-9(13)4-10(17)5-14/h9-10,15-16H,4,6-8H2,1-3H3/t9-,10-/m0/s1. The predicted octanol–water partition coefficient (Wildman–Crippen LogP) is -0.634. The second kappa shape index (κ2) is 6.68. The molecular weight excluding hydrogens is 299 g/mol. The van der Waals surface area contributed by atoms with Gasteiger partial charge in [0.1, 0.15) is 12.2 Å². The Balaban J connectivity index is 2.50. The highest BCUT2D eigenvalue weighted by Gasteiger charge is 2.35. The summed E-state index contributed by atoms with van der Waals surface area (Å²) in [7, 11) is -3.31. The molecule has 0 aromatic carbocycles. The van der Waals surface area contributed by atoms with Crippen LogP contribution in [0.5, 0.6) is 0 Å². The van der Waals surface area contributed by atoms with Gasteiger partial charge in [-0.1, -0.05) is 0 Å². The van der Waals surface area contributed by atoms with Crippen molar-refractivity contribution >= 4 is 15.9 Å². The summed E-state index contributed by atoms with van der Waals surface area (Å²) in [6, 6.07) is 1.18. The third-order valence-electron chi connectivity index (χ3n) is 3.21. The van der Waals surface area contributed by atoms with Crippen LogP contribution < -0.4 is 10.0 Å². The average molecular weight is 320 g/mol. The SMILES string of the molecule is CC(C)(CNS(C)(=O)=O)NCC(=O)N1C[C@@H](F)C[C@H]1C#N. The van der Waals surface area contributed by atoms with Gasteiger partial charge in [-0.15, -0.1) is 0 Å². The number of carbonyl (C=O) groups excluding carboxylic acids is 1. The fraction of sp³-hybridized carbons (Fsp3) is 0.833. The monoisotopic (exact) mass is 320 g/mol. The van der Waals surface area contributed by atoms with E-state index in [1.165, 1.54) is 4.90 Å². The van der Waals surface area contributed by atoms with Crippen LogP contribution in [-0.2, 0) is 14.8 Å². The van der Waals surface area contributed by atoms with E-state index >= 15 is 0 Å². The summed E-state index contributed by atoms with van der Waals surface area (Å²) in [6.45, 7) is 3.45. The molecule has 0 aliphatic carbocycles. The molecule has 1 amide bonds. The largest absolute Gasteiger partial charge is 0.323 e. The molecule has 0 spiro atoms. The molecular formula is C12H21FN4O3S. The Bertz CT molecular complexity index is 529. The van der Waals surface area contributed by atoms with Crippen LogP contribution in [-0.4, -0.2) is 62.9 Å². The van der Waals surface area contributed by atoms with E-state index in [2.05, 4.69) is 10.0 Å². The molecule has 0 unspecified atom stereocenters. The average Bonchev–Trinajstić information content (AvgIpc) is 2.74. The molecule has 0 radical (unpaired) electrons. The quantitative estimate of drug-likeness (QED) is 0.678. The van der Waals surface area contributed by atoms with E-state index in [1.54, 1.807) is 13.8 Å². The molecule has 7 nitrogen and oxygen atoms in total. The van der Waals surface area contributed by atoms with Crippen molar-refractivity contribution in [3.63, 3.8) is 0 Å². The van der Waals surface area contributed by atoms with Crippen LogP contribution in [0.3, 0.4) is 0 Å². The van der Waals surface area contributed by atoms with Gasteiger partial charge >= 0.3 is 0 Å². The van der Waals surface area contributed by atoms with Gasteiger partial charge < -0.3 is 10.2 Å². The molecule has 1 heterocycles. The van der Waals surface area contributed by atoms with Gasteiger partial charge in [-0.25, -0.2) is 17.5 Å². The normalized spacial score (nSPS) is 23.1. The maximum atomic E-state index is 13.3. The Morgan fingerprint density at radius 2 is 2.14 bits per heavy atom. The van der Waals surface area contributed by atoms with Gasteiger partial charge in [-0.05, 0) is 13.8 Å². The van der Waals surface area contributed by atoms with E-state index in [4.69, 9.17) is 5.26 Å². The Labute approximate surface area is 124 Å². The van der Waals surface area contributed by atoms with Crippen LogP contribution in [0.2, 0.25) is 0 Å². The number of hydrogen-bond acceptors (Lipinski definition) is 5. The summed E-state index contributed by atoms with van der Waals surface area (Å²) < 4.78 is 37.7. The zero-order valence-corrected chi connectivity index (χ0v) is 13.2. The molecule has 0 saturated carbocycles. The lowest BCUT2D eigenvalue weighted by molar-refractivity contribution is -0.130. The van der Waals surface area contributed by atoms with Gasteiger partial charge in [0.15, 0.2) is 0 Å². The summed E-state index contributed by atoms with van der Waals surface area (Å²) in [4.78, 5) is 13.2. The molecule has 0 aromatic heterocycles. The van der Waals surface area contributed by atoms with E-state index in [0.717, 1.165) is 6.26 Å². The highest BCUT2D eigenvalue weighted by molar-refractivity contribution is 7.88. The zero-order valence-electron chi connectivity index (χ0n) is 12.4. The molecule has 1 saturated heterocycles. The number of nitrogens with one attached hydrogen (secondary N) is 2. The fourth-order valence-electron chi connectivity index (χ4n) is 1.97. The van der Waals surface area contributed by atoms with Gasteiger partial charge in [0, 0.05) is 18.5 Å². The second-order valence-corrected chi connectivity index (χ2v) is 7.69. The first-order valence-electron chi connectivity index (χ1n) is 6.57. The summed E-state index contributed by atoms with van der Waals surface area (Å²) in [6.07, 6.45) is -0.0722. The van der Waals surface area contributed by atoms with Crippen molar-refractivity contribution in [1.29, 1.82) is 5.26 Å². The molecule has 1 aliphatic rings. The lowest BCUT2D eigenvalue weighted by atomic mass is 10.1. The van der Waals surface area contributed by atoms with Crippen LogP contribution in [0, 0.1) is 11.3 Å². The van der Waals surface area contributed by atoms with Crippen LogP contribution in [0.15, 0.2) is 0 Å². The number of hydrogen-bond donors (Lipinski definition) is 2. The fourth-order valence-corrected chi connectivity index (χ4v) is 2.60. The number of nitriles is 1. The van der Waals surface area contributed by atoms with Crippen molar-refractivity contribution in [2.45, 2.75) is 38.0 Å². The number of nitrogens with zero attached hydrogens (tertiary/aromatic N) is 2. The molecule has 21 heavy (non-hydrogen) atoms. The first kappa shape index (κ1) is 17.8. The summed E-state index contributed by atoms with van der Waals surface area (Å²) in [5, 5.41) is 11.8. The maximum Gasteiger partial charge on any atom is 0.237 e. The molecule has 1 fully saturated rings. The van der Waals surface area contributed by atoms with E-state index in [9.17, 15) is 17.6 Å². The summed E-state index contributed by atoms with van der Waals surface area (Å²) in [5.41, 5.74) is -0.643. The topological polar surface area (TPSA) is 102 Å². The third kappa shape index (κ3) is 5.95. The first-order chi connectivity index (χ1) is 9.54. The van der Waals surface area contributed by atoms with Crippen LogP contribution >= 0.6 is 0 Å². The van der Waals surface area contributed by atoms with Crippen molar-refractivity contribution in [2.24, 2.45) is 0 Å².